The Bertz CT molecular complexity index is 169. The van der Waals surface area contributed by atoms with Crippen molar-refractivity contribution < 1.29 is 9.90 Å². The molecular formula is C9H18N2O2. The first-order valence-corrected chi connectivity index (χ1v) is 4.87. The number of hydrogen-bond acceptors (Lipinski definition) is 3. The molecule has 1 unspecified atom stereocenters. The molecule has 0 spiro atoms. The first-order valence-electron chi connectivity index (χ1n) is 4.87. The van der Waals surface area contributed by atoms with Crippen LogP contribution in [-0.4, -0.2) is 30.2 Å². The van der Waals surface area contributed by atoms with Crippen molar-refractivity contribution in [3.05, 3.63) is 0 Å². The normalized spacial score (nSPS) is 18.3. The molecule has 1 rings (SSSR count). The quantitative estimate of drug-likeness (QED) is 0.495. The molecule has 4 nitrogen and oxygen atoms in total. The van der Waals surface area contributed by atoms with Crippen molar-refractivity contribution in [1.82, 2.24) is 5.32 Å². The monoisotopic (exact) mass is 186 g/mol. The Kier molecular flexibility index (Phi) is 4.18. The maximum absolute atomic E-state index is 11.2. The molecule has 0 saturated heterocycles. The Morgan fingerprint density at radius 3 is 2.85 bits per heavy atom. The average Bonchev–Trinajstić information content (AvgIpc) is 2.86. The molecule has 0 bridgehead atoms. The standard InChI is InChI=1S/C9H18N2O2/c10-8(7-2-3-7)6-9(13)11-4-1-5-12/h7-8,12H,1-6,10H2,(H,11,13). The van der Waals surface area contributed by atoms with Crippen molar-refractivity contribution in [2.75, 3.05) is 13.2 Å². The summed E-state index contributed by atoms with van der Waals surface area (Å²) in [5.41, 5.74) is 5.77. The van der Waals surface area contributed by atoms with Crippen molar-refractivity contribution >= 4 is 5.91 Å². The van der Waals surface area contributed by atoms with Gasteiger partial charge in [0.15, 0.2) is 0 Å². The molecule has 1 atom stereocenters. The van der Waals surface area contributed by atoms with Gasteiger partial charge >= 0.3 is 0 Å². The van der Waals surface area contributed by atoms with E-state index in [0.29, 0.717) is 25.3 Å². The van der Waals surface area contributed by atoms with Gasteiger partial charge in [0.2, 0.25) is 5.91 Å². The van der Waals surface area contributed by atoms with Gasteiger partial charge in [-0.25, -0.2) is 0 Å². The van der Waals surface area contributed by atoms with Crippen molar-refractivity contribution in [3.8, 4) is 0 Å². The smallest absolute Gasteiger partial charge is 0.221 e. The van der Waals surface area contributed by atoms with Gasteiger partial charge in [-0.05, 0) is 25.2 Å². The number of aliphatic hydroxyl groups is 1. The fourth-order valence-corrected chi connectivity index (χ4v) is 1.28. The largest absolute Gasteiger partial charge is 0.396 e. The van der Waals surface area contributed by atoms with Gasteiger partial charge in [-0.15, -0.1) is 0 Å². The highest BCUT2D eigenvalue weighted by Gasteiger charge is 2.29. The summed E-state index contributed by atoms with van der Waals surface area (Å²) >= 11 is 0. The van der Waals surface area contributed by atoms with Crippen LogP contribution >= 0.6 is 0 Å². The van der Waals surface area contributed by atoms with E-state index in [1.165, 1.54) is 12.8 Å². The predicted molar refractivity (Wildman–Crippen MR) is 50.0 cm³/mol. The maximum Gasteiger partial charge on any atom is 0.221 e. The molecule has 1 fully saturated rings. The molecule has 0 heterocycles. The zero-order valence-electron chi connectivity index (χ0n) is 7.83. The predicted octanol–water partition coefficient (Wildman–Crippen LogP) is -0.388. The number of amides is 1. The van der Waals surface area contributed by atoms with Crippen LogP contribution in [0.1, 0.15) is 25.7 Å². The lowest BCUT2D eigenvalue weighted by atomic mass is 10.1. The first kappa shape index (κ1) is 10.5. The Morgan fingerprint density at radius 1 is 1.62 bits per heavy atom. The van der Waals surface area contributed by atoms with Gasteiger partial charge in [0.1, 0.15) is 0 Å². The van der Waals surface area contributed by atoms with Crippen molar-refractivity contribution in [2.24, 2.45) is 11.7 Å². The summed E-state index contributed by atoms with van der Waals surface area (Å²) in [6.07, 6.45) is 3.39. The van der Waals surface area contributed by atoms with Crippen LogP contribution in [-0.2, 0) is 4.79 Å². The summed E-state index contributed by atoms with van der Waals surface area (Å²) in [5, 5.41) is 11.2. The third-order valence-electron chi connectivity index (χ3n) is 2.31. The van der Waals surface area contributed by atoms with Crippen LogP contribution in [0.4, 0.5) is 0 Å². The van der Waals surface area contributed by atoms with Gasteiger partial charge in [0, 0.05) is 25.6 Å². The minimum absolute atomic E-state index is 0.00727. The second-order valence-electron chi connectivity index (χ2n) is 3.63. The van der Waals surface area contributed by atoms with Crippen molar-refractivity contribution in [3.63, 3.8) is 0 Å². The topological polar surface area (TPSA) is 75.4 Å². The molecule has 0 aromatic rings. The number of hydrogen-bond donors (Lipinski definition) is 3. The van der Waals surface area contributed by atoms with Gasteiger partial charge in [0.25, 0.3) is 0 Å². The molecule has 4 N–H and O–H groups in total. The van der Waals surface area contributed by atoms with Crippen LogP contribution in [0.5, 0.6) is 0 Å². The van der Waals surface area contributed by atoms with E-state index in [0.717, 1.165) is 0 Å². The van der Waals surface area contributed by atoms with Crippen LogP contribution in [0.2, 0.25) is 0 Å². The Hall–Kier alpha value is -0.610. The molecule has 0 aromatic carbocycles. The lowest BCUT2D eigenvalue weighted by Gasteiger charge is -2.09. The highest BCUT2D eigenvalue weighted by atomic mass is 16.3. The summed E-state index contributed by atoms with van der Waals surface area (Å²) in [7, 11) is 0. The molecule has 76 valence electrons. The number of nitrogens with two attached hydrogens (primary N) is 1. The molecule has 13 heavy (non-hydrogen) atoms. The van der Waals surface area contributed by atoms with E-state index >= 15 is 0 Å². The number of carbonyl (C=O) groups excluding carboxylic acids is 1. The van der Waals surface area contributed by atoms with Crippen molar-refractivity contribution in [2.45, 2.75) is 31.7 Å². The van der Waals surface area contributed by atoms with Crippen LogP contribution in [0, 0.1) is 5.92 Å². The molecule has 1 aliphatic carbocycles. The summed E-state index contributed by atoms with van der Waals surface area (Å²) in [4.78, 5) is 11.2. The van der Waals surface area contributed by atoms with E-state index in [1.54, 1.807) is 0 Å². The Labute approximate surface area is 78.5 Å². The molecule has 4 heteroatoms. The number of rotatable bonds is 6. The van der Waals surface area contributed by atoms with E-state index in [1.807, 2.05) is 0 Å². The molecule has 0 aromatic heterocycles. The molecular weight excluding hydrogens is 168 g/mol. The van der Waals surface area contributed by atoms with E-state index in [-0.39, 0.29) is 18.6 Å². The third-order valence-corrected chi connectivity index (χ3v) is 2.31. The van der Waals surface area contributed by atoms with Crippen molar-refractivity contribution in [1.29, 1.82) is 0 Å². The van der Waals surface area contributed by atoms with E-state index in [2.05, 4.69) is 5.32 Å². The fraction of sp³-hybridized carbons (Fsp3) is 0.889. The van der Waals surface area contributed by atoms with E-state index in [9.17, 15) is 4.79 Å². The summed E-state index contributed by atoms with van der Waals surface area (Å²) < 4.78 is 0. The van der Waals surface area contributed by atoms with Crippen LogP contribution in [0.15, 0.2) is 0 Å². The van der Waals surface area contributed by atoms with Gasteiger partial charge in [-0.3, -0.25) is 4.79 Å². The second-order valence-corrected chi connectivity index (χ2v) is 3.63. The summed E-state index contributed by atoms with van der Waals surface area (Å²) in [6, 6.07) is 0.0362. The number of aliphatic hydroxyl groups excluding tert-OH is 1. The summed E-state index contributed by atoms with van der Waals surface area (Å²) in [5.74, 6) is 0.580. The zero-order chi connectivity index (χ0) is 9.68. The Morgan fingerprint density at radius 2 is 2.31 bits per heavy atom. The summed E-state index contributed by atoms with van der Waals surface area (Å²) in [6.45, 7) is 0.668. The molecule has 1 saturated carbocycles. The molecule has 0 aliphatic heterocycles. The second kappa shape index (κ2) is 5.19. The minimum Gasteiger partial charge on any atom is -0.396 e. The van der Waals surface area contributed by atoms with Crippen LogP contribution < -0.4 is 11.1 Å². The third kappa shape index (κ3) is 4.24. The SMILES string of the molecule is NC(CC(=O)NCCCO)C1CC1. The highest BCUT2D eigenvalue weighted by molar-refractivity contribution is 5.76. The lowest BCUT2D eigenvalue weighted by molar-refractivity contribution is -0.121. The van der Waals surface area contributed by atoms with Crippen LogP contribution in [0.25, 0.3) is 0 Å². The highest BCUT2D eigenvalue weighted by Crippen LogP contribution is 2.32. The zero-order valence-corrected chi connectivity index (χ0v) is 7.83. The van der Waals surface area contributed by atoms with Crippen LogP contribution in [0.3, 0.4) is 0 Å². The van der Waals surface area contributed by atoms with E-state index < -0.39 is 0 Å². The Balaban J connectivity index is 2.02. The molecule has 1 aliphatic rings. The average molecular weight is 186 g/mol. The fourth-order valence-electron chi connectivity index (χ4n) is 1.28. The first-order chi connectivity index (χ1) is 6.24. The van der Waals surface area contributed by atoms with E-state index in [4.69, 9.17) is 10.8 Å². The molecule has 0 radical (unpaired) electrons. The van der Waals surface area contributed by atoms with Gasteiger partial charge in [0.05, 0.1) is 0 Å². The van der Waals surface area contributed by atoms with Gasteiger partial charge in [-0.1, -0.05) is 0 Å². The lowest BCUT2D eigenvalue weighted by Crippen LogP contribution is -2.33. The minimum atomic E-state index is 0.00727. The molecule has 1 amide bonds. The maximum atomic E-state index is 11.2. The number of carbonyl (C=O) groups is 1. The van der Waals surface area contributed by atoms with Gasteiger partial charge < -0.3 is 16.2 Å². The number of nitrogens with one attached hydrogen (secondary N) is 1. The van der Waals surface area contributed by atoms with Gasteiger partial charge in [-0.2, -0.15) is 0 Å².